The van der Waals surface area contributed by atoms with Crippen molar-refractivity contribution in [3.63, 3.8) is 0 Å². The Balaban J connectivity index is 2.23. The fourth-order valence-corrected chi connectivity index (χ4v) is 2.45. The van der Waals surface area contributed by atoms with Gasteiger partial charge in [-0.2, -0.15) is 0 Å². The molecule has 78 valence electrons. The molecule has 1 saturated heterocycles. The van der Waals surface area contributed by atoms with E-state index in [4.69, 9.17) is 5.11 Å². The van der Waals surface area contributed by atoms with Gasteiger partial charge in [0.15, 0.2) is 0 Å². The lowest BCUT2D eigenvalue weighted by Crippen LogP contribution is -2.51. The van der Waals surface area contributed by atoms with Gasteiger partial charge >= 0.3 is 0 Å². The van der Waals surface area contributed by atoms with Crippen LogP contribution in [0.3, 0.4) is 0 Å². The van der Waals surface area contributed by atoms with Crippen molar-refractivity contribution in [3.8, 4) is 0 Å². The predicted octanol–water partition coefficient (Wildman–Crippen LogP) is 0.152. The van der Waals surface area contributed by atoms with Gasteiger partial charge in [-0.15, -0.1) is 0 Å². The van der Waals surface area contributed by atoms with E-state index >= 15 is 0 Å². The van der Waals surface area contributed by atoms with Crippen molar-refractivity contribution < 1.29 is 14.7 Å². The molecule has 1 aliphatic carbocycles. The SMILES string of the molecule is C[C@@H](CO)N1C(=O)C2CCC(C2)C1=O. The maximum Gasteiger partial charge on any atom is 0.232 e. The number of rotatable bonds is 2. The summed E-state index contributed by atoms with van der Waals surface area (Å²) in [6.45, 7) is 1.57. The molecule has 2 unspecified atom stereocenters. The molecule has 1 aliphatic heterocycles. The first-order valence-electron chi connectivity index (χ1n) is 5.13. The second-order valence-corrected chi connectivity index (χ2v) is 4.28. The van der Waals surface area contributed by atoms with Gasteiger partial charge in [-0.1, -0.05) is 0 Å². The summed E-state index contributed by atoms with van der Waals surface area (Å²) >= 11 is 0. The van der Waals surface area contributed by atoms with E-state index in [2.05, 4.69) is 0 Å². The fourth-order valence-electron chi connectivity index (χ4n) is 2.45. The number of amides is 2. The Labute approximate surface area is 82.9 Å². The third kappa shape index (κ3) is 1.25. The molecule has 0 spiro atoms. The highest BCUT2D eigenvalue weighted by atomic mass is 16.3. The molecular formula is C10H15NO3. The van der Waals surface area contributed by atoms with Crippen molar-refractivity contribution in [2.24, 2.45) is 11.8 Å². The molecule has 14 heavy (non-hydrogen) atoms. The number of aliphatic hydroxyl groups excluding tert-OH is 1. The highest BCUT2D eigenvalue weighted by Crippen LogP contribution is 2.38. The second-order valence-electron chi connectivity index (χ2n) is 4.28. The van der Waals surface area contributed by atoms with Crippen molar-refractivity contribution in [2.45, 2.75) is 32.2 Å². The molecular weight excluding hydrogens is 182 g/mol. The van der Waals surface area contributed by atoms with Gasteiger partial charge in [-0.3, -0.25) is 14.5 Å². The number of aliphatic hydroxyl groups is 1. The molecule has 4 nitrogen and oxygen atoms in total. The quantitative estimate of drug-likeness (QED) is 0.641. The summed E-state index contributed by atoms with van der Waals surface area (Å²) in [6, 6.07) is -0.363. The molecule has 0 aromatic carbocycles. The normalized spacial score (nSPS) is 33.7. The first kappa shape index (κ1) is 9.65. The Bertz CT molecular complexity index is 255. The van der Waals surface area contributed by atoms with Crippen LogP contribution in [0.5, 0.6) is 0 Å². The zero-order valence-electron chi connectivity index (χ0n) is 8.27. The number of carbonyl (C=O) groups is 2. The Kier molecular flexibility index (Phi) is 2.31. The maximum atomic E-state index is 11.8. The van der Waals surface area contributed by atoms with E-state index in [1.807, 2.05) is 0 Å². The Morgan fingerprint density at radius 3 is 2.29 bits per heavy atom. The van der Waals surface area contributed by atoms with Crippen molar-refractivity contribution in [2.75, 3.05) is 6.61 Å². The van der Waals surface area contributed by atoms with Crippen LogP contribution in [-0.4, -0.2) is 34.5 Å². The highest BCUT2D eigenvalue weighted by molar-refractivity contribution is 6.01. The molecule has 0 aromatic rings. The van der Waals surface area contributed by atoms with E-state index in [9.17, 15) is 9.59 Å². The van der Waals surface area contributed by atoms with Gasteiger partial charge in [0, 0.05) is 11.8 Å². The minimum absolute atomic E-state index is 0.0340. The summed E-state index contributed by atoms with van der Waals surface area (Å²) in [4.78, 5) is 24.8. The standard InChI is InChI=1S/C10H15NO3/c1-6(5-12)11-9(13)7-2-3-8(4-7)10(11)14/h6-8,12H,2-5H2,1H3/t6-,7?,8?/m0/s1. The topological polar surface area (TPSA) is 57.6 Å². The molecule has 2 fully saturated rings. The molecule has 4 heteroatoms. The van der Waals surface area contributed by atoms with E-state index in [1.54, 1.807) is 6.92 Å². The molecule has 0 aromatic heterocycles. The van der Waals surface area contributed by atoms with Crippen LogP contribution in [0.4, 0.5) is 0 Å². The van der Waals surface area contributed by atoms with Gasteiger partial charge in [-0.25, -0.2) is 0 Å². The number of fused-ring (bicyclic) bond motifs is 2. The van der Waals surface area contributed by atoms with Crippen LogP contribution in [0.15, 0.2) is 0 Å². The van der Waals surface area contributed by atoms with E-state index in [0.717, 1.165) is 19.3 Å². The smallest absolute Gasteiger partial charge is 0.232 e. The lowest BCUT2D eigenvalue weighted by atomic mass is 9.96. The monoisotopic (exact) mass is 197 g/mol. The van der Waals surface area contributed by atoms with Crippen LogP contribution in [-0.2, 0) is 9.59 Å². The van der Waals surface area contributed by atoms with Gasteiger partial charge in [-0.05, 0) is 26.2 Å². The van der Waals surface area contributed by atoms with E-state index in [1.165, 1.54) is 4.90 Å². The van der Waals surface area contributed by atoms with Gasteiger partial charge in [0.1, 0.15) is 0 Å². The van der Waals surface area contributed by atoms with Crippen molar-refractivity contribution in [1.29, 1.82) is 0 Å². The van der Waals surface area contributed by atoms with E-state index < -0.39 is 0 Å². The fraction of sp³-hybridized carbons (Fsp3) is 0.800. The molecule has 1 saturated carbocycles. The molecule has 2 amide bonds. The number of likely N-dealkylation sites (tertiary alicyclic amines) is 1. The second kappa shape index (κ2) is 3.35. The number of carbonyl (C=O) groups excluding carboxylic acids is 2. The molecule has 2 rings (SSSR count). The first-order valence-corrected chi connectivity index (χ1v) is 5.13. The molecule has 2 aliphatic rings. The third-order valence-corrected chi connectivity index (χ3v) is 3.31. The number of imide groups is 1. The lowest BCUT2D eigenvalue weighted by Gasteiger charge is -2.33. The van der Waals surface area contributed by atoms with Crippen molar-refractivity contribution in [3.05, 3.63) is 0 Å². The summed E-state index contributed by atoms with van der Waals surface area (Å²) < 4.78 is 0. The number of piperidine rings is 1. The molecule has 3 atom stereocenters. The van der Waals surface area contributed by atoms with E-state index in [0.29, 0.717) is 0 Å². The van der Waals surface area contributed by atoms with Gasteiger partial charge < -0.3 is 5.11 Å². The zero-order chi connectivity index (χ0) is 10.3. The van der Waals surface area contributed by atoms with E-state index in [-0.39, 0.29) is 36.3 Å². The summed E-state index contributed by atoms with van der Waals surface area (Å²) in [5, 5.41) is 8.97. The minimum Gasteiger partial charge on any atom is -0.394 e. The van der Waals surface area contributed by atoms with Crippen LogP contribution in [0, 0.1) is 11.8 Å². The Morgan fingerprint density at radius 2 is 1.86 bits per heavy atom. The van der Waals surface area contributed by atoms with Crippen LogP contribution < -0.4 is 0 Å². The largest absolute Gasteiger partial charge is 0.394 e. The Hall–Kier alpha value is -0.900. The number of nitrogens with zero attached hydrogens (tertiary/aromatic N) is 1. The van der Waals surface area contributed by atoms with Crippen LogP contribution in [0.25, 0.3) is 0 Å². The van der Waals surface area contributed by atoms with Gasteiger partial charge in [0.05, 0.1) is 12.6 Å². The average molecular weight is 197 g/mol. The van der Waals surface area contributed by atoms with Crippen molar-refractivity contribution >= 4 is 11.8 Å². The summed E-state index contributed by atoms with van der Waals surface area (Å²) in [7, 11) is 0. The molecule has 1 N–H and O–H groups in total. The maximum absolute atomic E-state index is 11.8. The minimum atomic E-state index is -0.363. The zero-order valence-corrected chi connectivity index (χ0v) is 8.27. The number of hydrogen-bond acceptors (Lipinski definition) is 3. The van der Waals surface area contributed by atoms with Crippen LogP contribution in [0.2, 0.25) is 0 Å². The summed E-state index contributed by atoms with van der Waals surface area (Å²) in [6.07, 6.45) is 2.40. The highest BCUT2D eigenvalue weighted by Gasteiger charge is 2.46. The first-order chi connectivity index (χ1) is 6.65. The van der Waals surface area contributed by atoms with Crippen LogP contribution >= 0.6 is 0 Å². The third-order valence-electron chi connectivity index (χ3n) is 3.31. The number of hydrogen-bond donors (Lipinski definition) is 1. The summed E-state index contributed by atoms with van der Waals surface area (Å²) in [5.41, 5.74) is 0. The Morgan fingerprint density at radius 1 is 1.36 bits per heavy atom. The van der Waals surface area contributed by atoms with Crippen molar-refractivity contribution in [1.82, 2.24) is 4.90 Å². The van der Waals surface area contributed by atoms with Gasteiger partial charge in [0.25, 0.3) is 0 Å². The molecule has 0 radical (unpaired) electrons. The summed E-state index contributed by atoms with van der Waals surface area (Å²) in [5.74, 6) is -0.0889. The molecule has 1 heterocycles. The predicted molar refractivity (Wildman–Crippen MR) is 49.2 cm³/mol. The van der Waals surface area contributed by atoms with Crippen LogP contribution in [0.1, 0.15) is 26.2 Å². The molecule has 2 bridgehead atoms. The lowest BCUT2D eigenvalue weighted by molar-refractivity contribution is -0.156. The van der Waals surface area contributed by atoms with Gasteiger partial charge in [0.2, 0.25) is 11.8 Å². The average Bonchev–Trinajstić information content (AvgIpc) is 2.61.